The molecule has 0 saturated heterocycles. The van der Waals surface area contributed by atoms with Gasteiger partial charge in [0.1, 0.15) is 0 Å². The van der Waals surface area contributed by atoms with E-state index < -0.39 is 0 Å². The number of nitrogens with one attached hydrogen (secondary N) is 1. The van der Waals surface area contributed by atoms with E-state index in [2.05, 4.69) is 19.2 Å². The van der Waals surface area contributed by atoms with Crippen molar-refractivity contribution in [3.63, 3.8) is 0 Å². The summed E-state index contributed by atoms with van der Waals surface area (Å²) in [6.45, 7) is 6.30. The fourth-order valence-electron chi connectivity index (χ4n) is 2.56. The van der Waals surface area contributed by atoms with E-state index in [9.17, 15) is 0 Å². The summed E-state index contributed by atoms with van der Waals surface area (Å²) < 4.78 is 5.93. The third kappa shape index (κ3) is 5.04. The maximum atomic E-state index is 5.93. The van der Waals surface area contributed by atoms with Crippen LogP contribution in [0.25, 0.3) is 0 Å². The van der Waals surface area contributed by atoms with Crippen molar-refractivity contribution in [1.29, 1.82) is 0 Å². The molecule has 0 unspecified atom stereocenters. The minimum atomic E-state index is 0.453. The van der Waals surface area contributed by atoms with Gasteiger partial charge in [0.25, 0.3) is 0 Å². The number of hydrogen-bond donors (Lipinski definition) is 1. The molecule has 0 spiro atoms. The van der Waals surface area contributed by atoms with Gasteiger partial charge in [0, 0.05) is 17.3 Å². The molecule has 2 rings (SSSR count). The van der Waals surface area contributed by atoms with Crippen LogP contribution in [0.3, 0.4) is 0 Å². The molecule has 1 aliphatic carbocycles. The zero-order valence-electron chi connectivity index (χ0n) is 11.9. The summed E-state index contributed by atoms with van der Waals surface area (Å²) in [5, 5.41) is 4.10. The zero-order chi connectivity index (χ0) is 13.7. The van der Waals surface area contributed by atoms with Gasteiger partial charge in [0.05, 0.1) is 12.7 Å². The molecule has 0 aliphatic heterocycles. The Kier molecular flexibility index (Phi) is 5.12. The first-order valence-corrected chi connectivity index (χ1v) is 7.54. The van der Waals surface area contributed by atoms with E-state index in [1.807, 2.05) is 24.3 Å². The normalized spacial score (nSPS) is 19.3. The molecule has 1 aromatic carbocycles. The van der Waals surface area contributed by atoms with Gasteiger partial charge in [0.15, 0.2) is 0 Å². The Hall–Kier alpha value is -0.730. The summed E-state index contributed by atoms with van der Waals surface area (Å²) in [5.41, 5.74) is 1.57. The summed E-state index contributed by atoms with van der Waals surface area (Å²) >= 11 is 5.93. The molecule has 3 heteroatoms. The van der Waals surface area contributed by atoms with E-state index in [1.54, 1.807) is 0 Å². The summed E-state index contributed by atoms with van der Waals surface area (Å²) in [7, 11) is 0. The monoisotopic (exact) mass is 281 g/mol. The molecule has 0 amide bonds. The molecule has 1 saturated carbocycles. The lowest BCUT2D eigenvalue weighted by Gasteiger charge is -2.34. The van der Waals surface area contributed by atoms with Crippen LogP contribution in [0.5, 0.6) is 0 Å². The van der Waals surface area contributed by atoms with Gasteiger partial charge in [-0.2, -0.15) is 0 Å². The lowest BCUT2D eigenvalue weighted by molar-refractivity contribution is 0.00945. The number of hydrogen-bond acceptors (Lipinski definition) is 2. The zero-order valence-corrected chi connectivity index (χ0v) is 12.7. The van der Waals surface area contributed by atoms with E-state index in [4.69, 9.17) is 16.3 Å². The lowest BCUT2D eigenvalue weighted by atomic mass is 9.76. The van der Waals surface area contributed by atoms with Crippen molar-refractivity contribution in [2.24, 2.45) is 5.41 Å². The van der Waals surface area contributed by atoms with Crippen molar-refractivity contribution in [1.82, 2.24) is 0 Å². The van der Waals surface area contributed by atoms with Crippen LogP contribution in [0.1, 0.15) is 39.5 Å². The molecule has 1 N–H and O–H groups in total. The number of rotatable bonds is 5. The third-order valence-corrected chi connectivity index (χ3v) is 4.13. The average molecular weight is 282 g/mol. The van der Waals surface area contributed by atoms with E-state index in [0.29, 0.717) is 11.5 Å². The van der Waals surface area contributed by atoms with Gasteiger partial charge in [-0.1, -0.05) is 31.5 Å². The van der Waals surface area contributed by atoms with Gasteiger partial charge >= 0.3 is 0 Å². The molecule has 0 heterocycles. The molecule has 106 valence electrons. The molecule has 0 radical (unpaired) electrons. The minimum absolute atomic E-state index is 0.453. The molecule has 0 atom stereocenters. The Morgan fingerprint density at radius 3 is 2.74 bits per heavy atom. The summed E-state index contributed by atoms with van der Waals surface area (Å²) in [6.07, 6.45) is 5.40. The van der Waals surface area contributed by atoms with Crippen molar-refractivity contribution in [3.8, 4) is 0 Å². The van der Waals surface area contributed by atoms with Crippen LogP contribution in [-0.2, 0) is 4.74 Å². The fourth-order valence-corrected chi connectivity index (χ4v) is 2.75. The van der Waals surface area contributed by atoms with Crippen molar-refractivity contribution in [3.05, 3.63) is 29.3 Å². The van der Waals surface area contributed by atoms with Gasteiger partial charge in [-0.3, -0.25) is 0 Å². The number of ether oxygens (including phenoxy) is 1. The SMILES string of the molecule is CC1(C)CCC(OCCNc2cccc(Cl)c2)CC1. The quantitative estimate of drug-likeness (QED) is 0.787. The second-order valence-corrected chi connectivity index (χ2v) is 6.61. The molecule has 0 aromatic heterocycles. The first-order valence-electron chi connectivity index (χ1n) is 7.16. The second-order valence-electron chi connectivity index (χ2n) is 6.17. The molecule has 19 heavy (non-hydrogen) atoms. The second kappa shape index (κ2) is 6.62. The van der Waals surface area contributed by atoms with Crippen LogP contribution in [0, 0.1) is 5.41 Å². The summed E-state index contributed by atoms with van der Waals surface area (Å²) in [5.74, 6) is 0. The summed E-state index contributed by atoms with van der Waals surface area (Å²) in [4.78, 5) is 0. The Balaban J connectivity index is 1.62. The predicted molar refractivity (Wildman–Crippen MR) is 81.9 cm³/mol. The average Bonchev–Trinajstić information content (AvgIpc) is 2.36. The maximum absolute atomic E-state index is 5.93. The van der Waals surface area contributed by atoms with Crippen LogP contribution in [0.4, 0.5) is 5.69 Å². The van der Waals surface area contributed by atoms with Crippen LogP contribution >= 0.6 is 11.6 Å². The van der Waals surface area contributed by atoms with Gasteiger partial charge in [0.2, 0.25) is 0 Å². The highest BCUT2D eigenvalue weighted by Crippen LogP contribution is 2.36. The van der Waals surface area contributed by atoms with Gasteiger partial charge in [-0.05, 0) is 49.3 Å². The Morgan fingerprint density at radius 2 is 2.05 bits per heavy atom. The number of anilines is 1. The maximum Gasteiger partial charge on any atom is 0.0642 e. The highest BCUT2D eigenvalue weighted by Gasteiger charge is 2.26. The molecule has 1 fully saturated rings. The van der Waals surface area contributed by atoms with Crippen LogP contribution in [0.15, 0.2) is 24.3 Å². The summed E-state index contributed by atoms with van der Waals surface area (Å²) in [6, 6.07) is 7.79. The first kappa shape index (κ1) is 14.7. The van der Waals surface area contributed by atoms with E-state index >= 15 is 0 Å². The molecular formula is C16H24ClNO. The lowest BCUT2D eigenvalue weighted by Crippen LogP contribution is -2.27. The largest absolute Gasteiger partial charge is 0.383 e. The van der Waals surface area contributed by atoms with Gasteiger partial charge in [-0.25, -0.2) is 0 Å². The third-order valence-electron chi connectivity index (χ3n) is 3.90. The van der Waals surface area contributed by atoms with E-state index in [-0.39, 0.29) is 0 Å². The van der Waals surface area contributed by atoms with E-state index in [0.717, 1.165) is 23.9 Å². The topological polar surface area (TPSA) is 21.3 Å². The highest BCUT2D eigenvalue weighted by atomic mass is 35.5. The van der Waals surface area contributed by atoms with E-state index in [1.165, 1.54) is 25.7 Å². The van der Waals surface area contributed by atoms with Crippen LogP contribution < -0.4 is 5.32 Å². The molecule has 1 aliphatic rings. The smallest absolute Gasteiger partial charge is 0.0642 e. The highest BCUT2D eigenvalue weighted by molar-refractivity contribution is 6.30. The molecule has 0 bridgehead atoms. The molecule has 2 nitrogen and oxygen atoms in total. The molecule has 1 aromatic rings. The van der Waals surface area contributed by atoms with Crippen molar-refractivity contribution in [2.75, 3.05) is 18.5 Å². The van der Waals surface area contributed by atoms with Crippen molar-refractivity contribution in [2.45, 2.75) is 45.6 Å². The Morgan fingerprint density at radius 1 is 1.32 bits per heavy atom. The van der Waals surface area contributed by atoms with Crippen molar-refractivity contribution >= 4 is 17.3 Å². The fraction of sp³-hybridized carbons (Fsp3) is 0.625. The van der Waals surface area contributed by atoms with Gasteiger partial charge in [-0.15, -0.1) is 0 Å². The predicted octanol–water partition coefficient (Wildman–Crippen LogP) is 4.74. The Bertz CT molecular complexity index is 395. The first-order chi connectivity index (χ1) is 9.05. The number of halogens is 1. The Labute approximate surface area is 121 Å². The van der Waals surface area contributed by atoms with Crippen molar-refractivity contribution < 1.29 is 4.74 Å². The number of benzene rings is 1. The minimum Gasteiger partial charge on any atom is -0.383 e. The standard InChI is InChI=1S/C16H24ClNO/c1-16(2)8-6-15(7-9-16)19-11-10-18-14-5-3-4-13(17)12-14/h3-5,12,15,18H,6-11H2,1-2H3. The van der Waals surface area contributed by atoms with Crippen LogP contribution in [-0.4, -0.2) is 19.3 Å². The van der Waals surface area contributed by atoms with Crippen LogP contribution in [0.2, 0.25) is 5.02 Å². The van der Waals surface area contributed by atoms with Gasteiger partial charge < -0.3 is 10.1 Å². The molecular weight excluding hydrogens is 258 g/mol.